The van der Waals surface area contributed by atoms with E-state index in [4.69, 9.17) is 0 Å². The molecule has 0 saturated carbocycles. The third-order valence-electron chi connectivity index (χ3n) is 5.52. The summed E-state index contributed by atoms with van der Waals surface area (Å²) in [5.41, 5.74) is 1.93. The highest BCUT2D eigenvalue weighted by molar-refractivity contribution is 5.94. The predicted octanol–water partition coefficient (Wildman–Crippen LogP) is 2.37. The number of likely N-dealkylation sites (N-methyl/N-ethyl adjacent to an activating group) is 1. The minimum Gasteiger partial charge on any atom is -0.336 e. The summed E-state index contributed by atoms with van der Waals surface area (Å²) in [6, 6.07) is 8.17. The van der Waals surface area contributed by atoms with Gasteiger partial charge in [0.15, 0.2) is 0 Å². The molecule has 2 aliphatic rings. The molecule has 148 valence electrons. The molecule has 2 heterocycles. The van der Waals surface area contributed by atoms with Gasteiger partial charge in [-0.1, -0.05) is 12.1 Å². The highest BCUT2D eigenvalue weighted by atomic mass is 16.2. The zero-order valence-corrected chi connectivity index (χ0v) is 16.8. The summed E-state index contributed by atoms with van der Waals surface area (Å²) < 4.78 is 0. The molecule has 0 bridgehead atoms. The third kappa shape index (κ3) is 5.01. The second-order valence-corrected chi connectivity index (χ2v) is 8.11. The first kappa shape index (κ1) is 19.7. The van der Waals surface area contributed by atoms with E-state index in [9.17, 15) is 9.59 Å². The highest BCUT2D eigenvalue weighted by Gasteiger charge is 2.26. The molecule has 2 saturated heterocycles. The van der Waals surface area contributed by atoms with Gasteiger partial charge >= 0.3 is 6.03 Å². The number of hydrogen-bond acceptors (Lipinski definition) is 3. The van der Waals surface area contributed by atoms with Crippen molar-refractivity contribution in [1.82, 2.24) is 20.0 Å². The highest BCUT2D eigenvalue weighted by Crippen LogP contribution is 2.28. The minimum absolute atomic E-state index is 0.0133. The fraction of sp³-hybridized carbons (Fsp3) is 0.619. The Labute approximate surface area is 162 Å². The molecular formula is C21H32N4O2. The van der Waals surface area contributed by atoms with Crippen LogP contribution in [0.4, 0.5) is 4.79 Å². The van der Waals surface area contributed by atoms with Crippen LogP contribution in [0.15, 0.2) is 24.3 Å². The number of piperidine rings is 1. The average molecular weight is 373 g/mol. The molecule has 6 nitrogen and oxygen atoms in total. The van der Waals surface area contributed by atoms with E-state index in [-0.39, 0.29) is 23.9 Å². The molecule has 1 N–H and O–H groups in total. The van der Waals surface area contributed by atoms with E-state index in [2.05, 4.69) is 23.3 Å². The van der Waals surface area contributed by atoms with Crippen LogP contribution in [0.25, 0.3) is 0 Å². The van der Waals surface area contributed by atoms with Gasteiger partial charge < -0.3 is 20.0 Å². The first-order chi connectivity index (χ1) is 12.9. The average Bonchev–Trinajstić information content (AvgIpc) is 2.68. The summed E-state index contributed by atoms with van der Waals surface area (Å²) in [5.74, 6) is 0.409. The van der Waals surface area contributed by atoms with Gasteiger partial charge in [0.1, 0.15) is 0 Å². The largest absolute Gasteiger partial charge is 0.336 e. The van der Waals surface area contributed by atoms with Crippen LogP contribution in [0.3, 0.4) is 0 Å². The Morgan fingerprint density at radius 3 is 2.52 bits per heavy atom. The molecule has 2 aliphatic heterocycles. The predicted molar refractivity (Wildman–Crippen MR) is 107 cm³/mol. The van der Waals surface area contributed by atoms with Crippen molar-refractivity contribution in [2.45, 2.75) is 38.6 Å². The Balaban J connectivity index is 1.67. The molecule has 0 aliphatic carbocycles. The van der Waals surface area contributed by atoms with E-state index in [1.165, 1.54) is 0 Å². The number of benzene rings is 1. The Morgan fingerprint density at radius 2 is 1.81 bits per heavy atom. The molecule has 27 heavy (non-hydrogen) atoms. The van der Waals surface area contributed by atoms with Crippen molar-refractivity contribution in [1.29, 1.82) is 0 Å². The van der Waals surface area contributed by atoms with Gasteiger partial charge in [-0.15, -0.1) is 0 Å². The minimum atomic E-state index is 0.0133. The number of piperazine rings is 1. The van der Waals surface area contributed by atoms with E-state index in [0.29, 0.717) is 6.54 Å². The van der Waals surface area contributed by atoms with Crippen molar-refractivity contribution in [2.75, 3.05) is 46.3 Å². The number of carbonyl (C=O) groups is 2. The van der Waals surface area contributed by atoms with Crippen molar-refractivity contribution in [3.05, 3.63) is 35.4 Å². The molecule has 0 radical (unpaired) electrons. The van der Waals surface area contributed by atoms with E-state index < -0.39 is 0 Å². The molecule has 3 rings (SSSR count). The maximum Gasteiger partial charge on any atom is 0.317 e. The lowest BCUT2D eigenvalue weighted by Gasteiger charge is -2.34. The molecule has 1 aromatic rings. The van der Waals surface area contributed by atoms with Crippen molar-refractivity contribution in [3.63, 3.8) is 0 Å². The topological polar surface area (TPSA) is 55.9 Å². The van der Waals surface area contributed by atoms with Gasteiger partial charge in [0.25, 0.3) is 5.91 Å². The normalized spacial score (nSPS) is 21.4. The van der Waals surface area contributed by atoms with Crippen LogP contribution in [0.1, 0.15) is 48.5 Å². The van der Waals surface area contributed by atoms with Gasteiger partial charge in [-0.05, 0) is 51.4 Å². The van der Waals surface area contributed by atoms with Crippen molar-refractivity contribution < 1.29 is 9.59 Å². The molecule has 0 aromatic heterocycles. The number of likely N-dealkylation sites (tertiary alicyclic amines) is 1. The standard InChI is InChI=1S/C21H32N4O2/c1-16(2)22-21(27)25-9-5-8-19(15-25)17-6-4-7-18(14-17)20(26)24-12-10-23(3)11-13-24/h4,6-7,14,16,19H,5,8-13,15H2,1-3H3,(H,22,27)/t19-/m1/s1. The lowest BCUT2D eigenvalue weighted by Crippen LogP contribution is -2.47. The smallest absolute Gasteiger partial charge is 0.317 e. The van der Waals surface area contributed by atoms with Gasteiger partial charge in [0.05, 0.1) is 0 Å². The van der Waals surface area contributed by atoms with Crippen molar-refractivity contribution in [3.8, 4) is 0 Å². The first-order valence-corrected chi connectivity index (χ1v) is 10.1. The number of urea groups is 1. The van der Waals surface area contributed by atoms with E-state index in [1.807, 2.05) is 41.8 Å². The monoisotopic (exact) mass is 372 g/mol. The van der Waals surface area contributed by atoms with E-state index in [0.717, 1.165) is 56.7 Å². The van der Waals surface area contributed by atoms with Crippen LogP contribution >= 0.6 is 0 Å². The number of carbonyl (C=O) groups excluding carboxylic acids is 2. The molecule has 2 fully saturated rings. The van der Waals surface area contributed by atoms with E-state index in [1.54, 1.807) is 0 Å². The van der Waals surface area contributed by atoms with Crippen molar-refractivity contribution >= 4 is 11.9 Å². The van der Waals surface area contributed by atoms with E-state index >= 15 is 0 Å². The summed E-state index contributed by atoms with van der Waals surface area (Å²) in [6.07, 6.45) is 2.05. The molecular weight excluding hydrogens is 340 g/mol. The van der Waals surface area contributed by atoms with Gasteiger partial charge in [0.2, 0.25) is 0 Å². The molecule has 3 amide bonds. The molecule has 0 spiro atoms. The third-order valence-corrected chi connectivity index (χ3v) is 5.52. The summed E-state index contributed by atoms with van der Waals surface area (Å²) in [6.45, 7) is 8.89. The first-order valence-electron chi connectivity index (χ1n) is 10.1. The van der Waals surface area contributed by atoms with Gasteiger partial charge in [-0.2, -0.15) is 0 Å². The Bertz CT molecular complexity index is 668. The van der Waals surface area contributed by atoms with Gasteiger partial charge in [-0.3, -0.25) is 4.79 Å². The maximum absolute atomic E-state index is 12.9. The zero-order valence-electron chi connectivity index (χ0n) is 16.8. The summed E-state index contributed by atoms with van der Waals surface area (Å²) in [5, 5.41) is 2.98. The molecule has 0 unspecified atom stereocenters. The van der Waals surface area contributed by atoms with Crippen LogP contribution in [0, 0.1) is 0 Å². The summed E-state index contributed by atoms with van der Waals surface area (Å²) in [4.78, 5) is 31.3. The van der Waals surface area contributed by atoms with Gasteiger partial charge in [-0.25, -0.2) is 4.79 Å². The Kier molecular flexibility index (Phi) is 6.37. The molecule has 1 atom stereocenters. The lowest BCUT2D eigenvalue weighted by molar-refractivity contribution is 0.0664. The number of rotatable bonds is 3. The lowest BCUT2D eigenvalue weighted by atomic mass is 9.89. The van der Waals surface area contributed by atoms with Crippen LogP contribution < -0.4 is 5.32 Å². The number of nitrogens with zero attached hydrogens (tertiary/aromatic N) is 3. The quantitative estimate of drug-likeness (QED) is 0.886. The summed E-state index contributed by atoms with van der Waals surface area (Å²) >= 11 is 0. The number of hydrogen-bond donors (Lipinski definition) is 1. The van der Waals surface area contributed by atoms with Crippen LogP contribution in [0.5, 0.6) is 0 Å². The molecule has 1 aromatic carbocycles. The Hall–Kier alpha value is -2.08. The molecule has 6 heteroatoms. The van der Waals surface area contributed by atoms with Crippen LogP contribution in [0.2, 0.25) is 0 Å². The van der Waals surface area contributed by atoms with Crippen LogP contribution in [-0.4, -0.2) is 79.0 Å². The fourth-order valence-electron chi connectivity index (χ4n) is 3.89. The van der Waals surface area contributed by atoms with Gasteiger partial charge in [0, 0.05) is 56.8 Å². The fourth-order valence-corrected chi connectivity index (χ4v) is 3.89. The van der Waals surface area contributed by atoms with Crippen LogP contribution in [-0.2, 0) is 0 Å². The second kappa shape index (κ2) is 8.74. The number of nitrogens with one attached hydrogen (secondary N) is 1. The Morgan fingerprint density at radius 1 is 1.07 bits per heavy atom. The SMILES string of the molecule is CC(C)NC(=O)N1CCC[C@@H](c2cccc(C(=O)N3CCN(C)CC3)c2)C1. The second-order valence-electron chi connectivity index (χ2n) is 8.11. The maximum atomic E-state index is 12.9. The summed E-state index contributed by atoms with van der Waals surface area (Å²) in [7, 11) is 2.09. The zero-order chi connectivity index (χ0) is 19.4. The number of amides is 3. The van der Waals surface area contributed by atoms with Crippen molar-refractivity contribution in [2.24, 2.45) is 0 Å².